The van der Waals surface area contributed by atoms with Crippen LogP contribution in [0, 0.1) is 6.92 Å². The Morgan fingerprint density at radius 3 is 2.80 bits per heavy atom. The molecule has 3 rings (SSSR count). The van der Waals surface area contributed by atoms with Gasteiger partial charge in [-0.2, -0.15) is 0 Å². The van der Waals surface area contributed by atoms with E-state index in [9.17, 15) is 4.79 Å². The number of hydrogen-bond acceptors (Lipinski definition) is 4. The second-order valence-electron chi connectivity index (χ2n) is 5.86. The standard InChI is InChI=1S/C19H22N2O4/c1-4-23-16-7-5-12(2)9-15(16)13(3)20-19(22)21-14-6-8-17-18(10-14)25-11-24-17/h5-10,13H,4,11H2,1-3H3,(H2,20,21,22). The summed E-state index contributed by atoms with van der Waals surface area (Å²) in [5.41, 5.74) is 2.70. The number of nitrogens with one attached hydrogen (secondary N) is 2. The van der Waals surface area contributed by atoms with Crippen molar-refractivity contribution in [1.29, 1.82) is 0 Å². The molecule has 1 aliphatic heterocycles. The first kappa shape index (κ1) is 17.0. The molecule has 1 aliphatic rings. The van der Waals surface area contributed by atoms with Crippen molar-refractivity contribution in [2.45, 2.75) is 26.8 Å². The van der Waals surface area contributed by atoms with Crippen molar-refractivity contribution in [3.63, 3.8) is 0 Å². The molecule has 0 spiro atoms. The molecule has 0 saturated carbocycles. The number of anilines is 1. The van der Waals surface area contributed by atoms with Gasteiger partial charge in [-0.1, -0.05) is 17.7 Å². The van der Waals surface area contributed by atoms with Gasteiger partial charge in [-0.25, -0.2) is 4.79 Å². The quantitative estimate of drug-likeness (QED) is 0.861. The molecular weight excluding hydrogens is 320 g/mol. The number of urea groups is 1. The maximum Gasteiger partial charge on any atom is 0.319 e. The lowest BCUT2D eigenvalue weighted by atomic mass is 10.0. The summed E-state index contributed by atoms with van der Waals surface area (Å²) in [5, 5.41) is 5.75. The van der Waals surface area contributed by atoms with Crippen LogP contribution in [0.15, 0.2) is 36.4 Å². The molecule has 0 aromatic heterocycles. The van der Waals surface area contributed by atoms with Gasteiger partial charge in [0.25, 0.3) is 0 Å². The van der Waals surface area contributed by atoms with Crippen molar-refractivity contribution < 1.29 is 19.0 Å². The topological polar surface area (TPSA) is 68.8 Å². The Kier molecular flexibility index (Phi) is 4.97. The molecule has 2 amide bonds. The second-order valence-corrected chi connectivity index (χ2v) is 5.86. The molecule has 6 heteroatoms. The lowest BCUT2D eigenvalue weighted by molar-refractivity contribution is 0.174. The first-order valence-corrected chi connectivity index (χ1v) is 8.27. The lowest BCUT2D eigenvalue weighted by Gasteiger charge is -2.19. The normalized spacial score (nSPS) is 13.2. The van der Waals surface area contributed by atoms with Crippen molar-refractivity contribution in [1.82, 2.24) is 5.32 Å². The van der Waals surface area contributed by atoms with Crippen LogP contribution in [0.25, 0.3) is 0 Å². The molecule has 2 aromatic rings. The van der Waals surface area contributed by atoms with Crippen LogP contribution in [0.4, 0.5) is 10.5 Å². The van der Waals surface area contributed by atoms with Gasteiger partial charge in [0, 0.05) is 17.3 Å². The molecule has 0 bridgehead atoms. The van der Waals surface area contributed by atoms with Crippen LogP contribution in [0.2, 0.25) is 0 Å². The van der Waals surface area contributed by atoms with Crippen molar-refractivity contribution in [3.05, 3.63) is 47.5 Å². The molecule has 6 nitrogen and oxygen atoms in total. The van der Waals surface area contributed by atoms with E-state index in [0.717, 1.165) is 16.9 Å². The van der Waals surface area contributed by atoms with E-state index in [2.05, 4.69) is 10.6 Å². The third kappa shape index (κ3) is 3.96. The smallest absolute Gasteiger partial charge is 0.319 e. The summed E-state index contributed by atoms with van der Waals surface area (Å²) in [6.45, 7) is 6.66. The molecular formula is C19H22N2O4. The van der Waals surface area contributed by atoms with Crippen LogP contribution in [0.3, 0.4) is 0 Å². The first-order valence-electron chi connectivity index (χ1n) is 8.27. The van der Waals surface area contributed by atoms with Gasteiger partial charge in [0.1, 0.15) is 5.75 Å². The van der Waals surface area contributed by atoms with Gasteiger partial charge in [0.05, 0.1) is 12.6 Å². The summed E-state index contributed by atoms with van der Waals surface area (Å²) >= 11 is 0. The largest absolute Gasteiger partial charge is 0.494 e. The Labute approximate surface area is 147 Å². The number of carbonyl (C=O) groups is 1. The van der Waals surface area contributed by atoms with Crippen LogP contribution in [0.1, 0.15) is 31.0 Å². The van der Waals surface area contributed by atoms with Crippen molar-refractivity contribution in [2.75, 3.05) is 18.7 Å². The first-order chi connectivity index (χ1) is 12.1. The summed E-state index contributed by atoms with van der Waals surface area (Å²) in [6.07, 6.45) is 0. The minimum Gasteiger partial charge on any atom is -0.494 e. The van der Waals surface area contributed by atoms with Gasteiger partial charge in [0.15, 0.2) is 11.5 Å². The Morgan fingerprint density at radius 2 is 2.00 bits per heavy atom. The maximum atomic E-state index is 12.3. The molecule has 2 N–H and O–H groups in total. The average Bonchev–Trinajstić information content (AvgIpc) is 3.04. The molecule has 1 atom stereocenters. The molecule has 132 valence electrons. The van der Waals surface area contributed by atoms with Crippen molar-refractivity contribution in [2.24, 2.45) is 0 Å². The monoisotopic (exact) mass is 342 g/mol. The van der Waals surface area contributed by atoms with Gasteiger partial charge in [0.2, 0.25) is 6.79 Å². The summed E-state index contributed by atoms with van der Waals surface area (Å²) in [5.74, 6) is 2.09. The average molecular weight is 342 g/mol. The molecule has 1 heterocycles. The fourth-order valence-corrected chi connectivity index (χ4v) is 2.71. The van der Waals surface area contributed by atoms with Gasteiger partial charge < -0.3 is 24.8 Å². The molecule has 0 fully saturated rings. The Bertz CT molecular complexity index is 776. The number of fused-ring (bicyclic) bond motifs is 1. The SMILES string of the molecule is CCOc1ccc(C)cc1C(C)NC(=O)Nc1ccc2c(c1)OCO2. The summed E-state index contributed by atoms with van der Waals surface area (Å²) in [7, 11) is 0. The predicted octanol–water partition coefficient (Wildman–Crippen LogP) is 4.01. The van der Waals surface area contributed by atoms with Crippen LogP contribution in [0.5, 0.6) is 17.2 Å². The number of carbonyl (C=O) groups excluding carboxylic acids is 1. The lowest BCUT2D eigenvalue weighted by Crippen LogP contribution is -2.31. The van der Waals surface area contributed by atoms with Crippen LogP contribution in [-0.2, 0) is 0 Å². The van der Waals surface area contributed by atoms with Gasteiger partial charge in [-0.15, -0.1) is 0 Å². The predicted molar refractivity (Wildman–Crippen MR) is 95.5 cm³/mol. The van der Waals surface area contributed by atoms with E-state index in [0.29, 0.717) is 23.8 Å². The number of ether oxygens (including phenoxy) is 3. The fourth-order valence-electron chi connectivity index (χ4n) is 2.71. The van der Waals surface area contributed by atoms with E-state index in [-0.39, 0.29) is 18.9 Å². The third-order valence-electron chi connectivity index (χ3n) is 3.91. The maximum absolute atomic E-state index is 12.3. The highest BCUT2D eigenvalue weighted by molar-refractivity contribution is 5.90. The third-order valence-corrected chi connectivity index (χ3v) is 3.91. The Hall–Kier alpha value is -2.89. The van der Waals surface area contributed by atoms with E-state index in [1.54, 1.807) is 18.2 Å². The Morgan fingerprint density at radius 1 is 1.20 bits per heavy atom. The number of rotatable bonds is 5. The van der Waals surface area contributed by atoms with Crippen molar-refractivity contribution in [3.8, 4) is 17.2 Å². The summed E-state index contributed by atoms with van der Waals surface area (Å²) in [4.78, 5) is 12.3. The van der Waals surface area contributed by atoms with E-state index in [1.807, 2.05) is 39.0 Å². The van der Waals surface area contributed by atoms with E-state index in [1.165, 1.54) is 0 Å². The molecule has 2 aromatic carbocycles. The molecule has 0 aliphatic carbocycles. The molecule has 0 saturated heterocycles. The highest BCUT2D eigenvalue weighted by Crippen LogP contribution is 2.34. The summed E-state index contributed by atoms with van der Waals surface area (Å²) in [6, 6.07) is 10.7. The minimum atomic E-state index is -0.296. The van der Waals surface area contributed by atoms with Gasteiger partial charge >= 0.3 is 6.03 Å². The zero-order valence-corrected chi connectivity index (χ0v) is 14.6. The van der Waals surface area contributed by atoms with E-state index in [4.69, 9.17) is 14.2 Å². The van der Waals surface area contributed by atoms with E-state index >= 15 is 0 Å². The van der Waals surface area contributed by atoms with Crippen molar-refractivity contribution >= 4 is 11.7 Å². The Balaban J connectivity index is 1.67. The highest BCUT2D eigenvalue weighted by Gasteiger charge is 2.17. The summed E-state index contributed by atoms with van der Waals surface area (Å²) < 4.78 is 16.2. The van der Waals surface area contributed by atoms with Crippen LogP contribution >= 0.6 is 0 Å². The number of hydrogen-bond donors (Lipinski definition) is 2. The number of aryl methyl sites for hydroxylation is 1. The number of amides is 2. The molecule has 25 heavy (non-hydrogen) atoms. The minimum absolute atomic E-state index is 0.199. The molecule has 0 radical (unpaired) electrons. The van der Waals surface area contributed by atoms with E-state index < -0.39 is 0 Å². The van der Waals surface area contributed by atoms with Crippen LogP contribution < -0.4 is 24.8 Å². The fraction of sp³-hybridized carbons (Fsp3) is 0.316. The number of benzene rings is 2. The second kappa shape index (κ2) is 7.34. The highest BCUT2D eigenvalue weighted by atomic mass is 16.7. The zero-order chi connectivity index (χ0) is 17.8. The zero-order valence-electron chi connectivity index (χ0n) is 14.6. The van der Waals surface area contributed by atoms with Gasteiger partial charge in [-0.05, 0) is 39.0 Å². The van der Waals surface area contributed by atoms with Gasteiger partial charge in [-0.3, -0.25) is 0 Å². The molecule has 1 unspecified atom stereocenters. The van der Waals surface area contributed by atoms with Crippen LogP contribution in [-0.4, -0.2) is 19.4 Å².